The summed E-state index contributed by atoms with van der Waals surface area (Å²) in [6.07, 6.45) is 4.98. The number of unbranched alkanes of at least 4 members (excludes halogenated alkanes) is 3. The summed E-state index contributed by atoms with van der Waals surface area (Å²) in [7, 11) is 6.15. The number of carbonyl (C=O) groups is 1. The van der Waals surface area contributed by atoms with E-state index in [2.05, 4.69) is 31.5 Å². The zero-order valence-electron chi connectivity index (χ0n) is 12.3. The van der Waals surface area contributed by atoms with Gasteiger partial charge in [-0.1, -0.05) is 12.8 Å². The highest BCUT2D eigenvalue weighted by Gasteiger charge is 2.08. The van der Waals surface area contributed by atoms with Crippen LogP contribution < -0.4 is 5.32 Å². The quantitative estimate of drug-likeness (QED) is 0.282. The summed E-state index contributed by atoms with van der Waals surface area (Å²) in [6, 6.07) is 0. The van der Waals surface area contributed by atoms with Gasteiger partial charge < -0.3 is 14.5 Å². The lowest BCUT2D eigenvalue weighted by Crippen LogP contribution is -2.39. The second-order valence-electron chi connectivity index (χ2n) is 5.46. The van der Waals surface area contributed by atoms with E-state index in [1.807, 2.05) is 0 Å². The van der Waals surface area contributed by atoms with Gasteiger partial charge >= 0.3 is 6.09 Å². The van der Waals surface area contributed by atoms with E-state index < -0.39 is 0 Å². The first-order chi connectivity index (χ1) is 8.95. The molecule has 6 nitrogen and oxygen atoms in total. The molecule has 0 spiro atoms. The van der Waals surface area contributed by atoms with Crippen LogP contribution in [0.1, 0.15) is 25.7 Å². The minimum absolute atomic E-state index is 0.348. The van der Waals surface area contributed by atoms with Gasteiger partial charge in [-0.2, -0.15) is 0 Å². The van der Waals surface area contributed by atoms with Gasteiger partial charge in [0.05, 0.1) is 27.7 Å². The van der Waals surface area contributed by atoms with Gasteiger partial charge in [-0.25, -0.2) is 14.6 Å². The van der Waals surface area contributed by atoms with Crippen LogP contribution in [0.3, 0.4) is 0 Å². The highest BCUT2D eigenvalue weighted by molar-refractivity contribution is 5.66. The van der Waals surface area contributed by atoms with E-state index >= 15 is 0 Å². The number of ether oxygens (including phenoxy) is 1. The third kappa shape index (κ3) is 14.6. The molecule has 0 aliphatic heterocycles. The summed E-state index contributed by atoms with van der Waals surface area (Å²) in [6.45, 7) is 2.40. The van der Waals surface area contributed by atoms with E-state index in [1.165, 1.54) is 6.08 Å². The van der Waals surface area contributed by atoms with Crippen molar-refractivity contribution in [2.45, 2.75) is 25.7 Å². The molecule has 0 aromatic carbocycles. The zero-order chi connectivity index (χ0) is 14.6. The molecular weight excluding hydrogens is 246 g/mol. The predicted molar refractivity (Wildman–Crippen MR) is 73.7 cm³/mol. The molecule has 0 aliphatic carbocycles. The number of hydrogen-bond acceptors (Lipinski definition) is 4. The largest absolute Gasteiger partial charge is 0.444 e. The SMILES string of the molecule is C[N+](C)(C)CCOC(=O)NCCCCCCN=C=O. The number of nitrogens with zero attached hydrogens (tertiary/aromatic N) is 2. The highest BCUT2D eigenvalue weighted by Crippen LogP contribution is 1.99. The summed E-state index contributed by atoms with van der Waals surface area (Å²) in [4.78, 5) is 24.6. The van der Waals surface area contributed by atoms with Gasteiger partial charge in [-0.05, 0) is 12.8 Å². The lowest BCUT2D eigenvalue weighted by atomic mass is 10.2. The Labute approximate surface area is 115 Å². The van der Waals surface area contributed by atoms with E-state index in [4.69, 9.17) is 4.74 Å². The summed E-state index contributed by atoms with van der Waals surface area (Å²) >= 11 is 0. The average Bonchev–Trinajstić information content (AvgIpc) is 2.31. The number of amides is 1. The molecule has 0 rings (SSSR count). The molecule has 0 unspecified atom stereocenters. The first kappa shape index (κ1) is 17.6. The van der Waals surface area contributed by atoms with Crippen LogP contribution in [0, 0.1) is 0 Å². The number of isocyanates is 1. The molecule has 19 heavy (non-hydrogen) atoms. The van der Waals surface area contributed by atoms with E-state index in [1.54, 1.807) is 0 Å². The lowest BCUT2D eigenvalue weighted by Gasteiger charge is -2.23. The topological polar surface area (TPSA) is 67.8 Å². The predicted octanol–water partition coefficient (Wildman–Crippen LogP) is 1.31. The van der Waals surface area contributed by atoms with Crippen molar-refractivity contribution < 1.29 is 18.8 Å². The van der Waals surface area contributed by atoms with E-state index in [9.17, 15) is 9.59 Å². The Bertz CT molecular complexity index is 294. The second-order valence-corrected chi connectivity index (χ2v) is 5.46. The van der Waals surface area contributed by atoms with Crippen LogP contribution in [0.5, 0.6) is 0 Å². The van der Waals surface area contributed by atoms with Crippen LogP contribution in [0.2, 0.25) is 0 Å². The van der Waals surface area contributed by atoms with Crippen LogP contribution in [0.15, 0.2) is 4.99 Å². The maximum atomic E-state index is 11.3. The summed E-state index contributed by atoms with van der Waals surface area (Å²) in [5.74, 6) is 0. The van der Waals surface area contributed by atoms with Crippen LogP contribution in [-0.4, -0.2) is 64.0 Å². The van der Waals surface area contributed by atoms with Crippen molar-refractivity contribution in [3.8, 4) is 0 Å². The second kappa shape index (κ2) is 10.5. The minimum Gasteiger partial charge on any atom is -0.444 e. The number of carbonyl (C=O) groups excluding carboxylic acids is 2. The summed E-state index contributed by atoms with van der Waals surface area (Å²) in [5.41, 5.74) is 0. The number of alkyl carbamates (subject to hydrolysis) is 1. The molecule has 0 radical (unpaired) electrons. The van der Waals surface area contributed by atoms with Gasteiger partial charge in [-0.3, -0.25) is 0 Å². The van der Waals surface area contributed by atoms with Crippen molar-refractivity contribution in [2.24, 2.45) is 4.99 Å². The molecule has 0 heterocycles. The minimum atomic E-state index is -0.348. The third-order valence-electron chi connectivity index (χ3n) is 2.53. The Morgan fingerprint density at radius 1 is 1.21 bits per heavy atom. The molecule has 6 heteroatoms. The van der Waals surface area contributed by atoms with Crippen LogP contribution in [0.25, 0.3) is 0 Å². The van der Waals surface area contributed by atoms with Crippen LogP contribution >= 0.6 is 0 Å². The smallest absolute Gasteiger partial charge is 0.407 e. The number of hydrogen-bond donors (Lipinski definition) is 1. The molecule has 1 N–H and O–H groups in total. The Kier molecular flexibility index (Phi) is 9.75. The van der Waals surface area contributed by atoms with Crippen molar-refractivity contribution in [3.63, 3.8) is 0 Å². The normalized spacial score (nSPS) is 10.7. The molecule has 110 valence electrons. The fourth-order valence-corrected chi connectivity index (χ4v) is 1.37. The molecule has 0 atom stereocenters. The van der Waals surface area contributed by atoms with Gasteiger partial charge in [0, 0.05) is 6.54 Å². The third-order valence-corrected chi connectivity index (χ3v) is 2.53. The number of rotatable bonds is 10. The molecule has 0 saturated carbocycles. The number of aliphatic imine (C=N–C) groups is 1. The monoisotopic (exact) mass is 272 g/mol. The highest BCUT2D eigenvalue weighted by atomic mass is 16.5. The molecule has 0 fully saturated rings. The fourth-order valence-electron chi connectivity index (χ4n) is 1.37. The first-order valence-corrected chi connectivity index (χ1v) is 6.70. The Balaban J connectivity index is 3.32. The van der Waals surface area contributed by atoms with Crippen molar-refractivity contribution in [1.82, 2.24) is 5.32 Å². The van der Waals surface area contributed by atoms with E-state index in [0.29, 0.717) is 19.7 Å². The van der Waals surface area contributed by atoms with Gasteiger partial charge in [0.25, 0.3) is 0 Å². The number of nitrogens with one attached hydrogen (secondary N) is 1. The summed E-state index contributed by atoms with van der Waals surface area (Å²) in [5, 5.41) is 2.72. The van der Waals surface area contributed by atoms with E-state index in [0.717, 1.165) is 36.7 Å². The Morgan fingerprint density at radius 2 is 1.89 bits per heavy atom. The zero-order valence-corrected chi connectivity index (χ0v) is 12.3. The van der Waals surface area contributed by atoms with Crippen molar-refractivity contribution in [3.05, 3.63) is 0 Å². The lowest BCUT2D eigenvalue weighted by molar-refractivity contribution is -0.870. The first-order valence-electron chi connectivity index (χ1n) is 6.70. The average molecular weight is 272 g/mol. The van der Waals surface area contributed by atoms with Crippen LogP contribution in [-0.2, 0) is 9.53 Å². The van der Waals surface area contributed by atoms with Crippen molar-refractivity contribution >= 4 is 12.2 Å². The fraction of sp³-hybridized carbons (Fsp3) is 0.846. The number of quaternary nitrogens is 1. The summed E-state index contributed by atoms with van der Waals surface area (Å²) < 4.78 is 5.83. The number of likely N-dealkylation sites (N-methyl/N-ethyl adjacent to an activating group) is 1. The van der Waals surface area contributed by atoms with Gasteiger partial charge in [0.2, 0.25) is 6.08 Å². The maximum absolute atomic E-state index is 11.3. The maximum Gasteiger partial charge on any atom is 0.407 e. The molecule has 0 aliphatic rings. The standard InChI is InChI=1S/C13H25N3O3/c1-16(2,3)10-11-19-13(18)15-9-7-5-4-6-8-14-12-17/h4-11H2,1-3H3/p+1. The van der Waals surface area contributed by atoms with E-state index in [-0.39, 0.29) is 6.09 Å². The van der Waals surface area contributed by atoms with Crippen molar-refractivity contribution in [1.29, 1.82) is 0 Å². The molecule has 0 bridgehead atoms. The van der Waals surface area contributed by atoms with Gasteiger partial charge in [0.1, 0.15) is 13.2 Å². The molecule has 0 saturated heterocycles. The van der Waals surface area contributed by atoms with Gasteiger partial charge in [-0.15, -0.1) is 0 Å². The Morgan fingerprint density at radius 3 is 2.53 bits per heavy atom. The van der Waals surface area contributed by atoms with Crippen LogP contribution in [0.4, 0.5) is 4.79 Å². The Hall–Kier alpha value is -1.39. The molecule has 0 aromatic rings. The molecule has 0 aromatic heterocycles. The molecular formula is C13H26N3O3+. The van der Waals surface area contributed by atoms with Gasteiger partial charge in [0.15, 0.2) is 0 Å². The molecule has 1 amide bonds. The van der Waals surface area contributed by atoms with Crippen molar-refractivity contribution in [2.75, 3.05) is 47.4 Å².